The maximum absolute atomic E-state index is 12.9. The van der Waals surface area contributed by atoms with Gasteiger partial charge in [-0.1, -0.05) is 18.2 Å². The van der Waals surface area contributed by atoms with Crippen LogP contribution in [0.25, 0.3) is 5.69 Å². The van der Waals surface area contributed by atoms with Gasteiger partial charge >= 0.3 is 0 Å². The number of benzene rings is 2. The van der Waals surface area contributed by atoms with Gasteiger partial charge in [0.15, 0.2) is 0 Å². The minimum absolute atomic E-state index is 0.258. The highest BCUT2D eigenvalue weighted by atomic mass is 32.2. The molecule has 0 saturated carbocycles. The monoisotopic (exact) mass is 395 g/mol. The molecule has 0 fully saturated rings. The Labute approximate surface area is 166 Å². The average Bonchev–Trinajstić information content (AvgIpc) is 3.21. The van der Waals surface area contributed by atoms with Gasteiger partial charge in [0.25, 0.3) is 5.91 Å². The van der Waals surface area contributed by atoms with Gasteiger partial charge in [0, 0.05) is 21.9 Å². The number of carbonyl (C=O) groups is 1. The largest absolute Gasteiger partial charge is 0.497 e. The van der Waals surface area contributed by atoms with E-state index in [9.17, 15) is 9.00 Å². The summed E-state index contributed by atoms with van der Waals surface area (Å²) in [6, 6.07) is 13.0. The van der Waals surface area contributed by atoms with Crippen LogP contribution in [0.15, 0.2) is 42.5 Å². The molecule has 1 atom stereocenters. The molecule has 28 heavy (non-hydrogen) atoms. The molecule has 1 N–H and O–H groups in total. The van der Waals surface area contributed by atoms with Gasteiger partial charge in [-0.3, -0.25) is 9.00 Å². The van der Waals surface area contributed by atoms with E-state index >= 15 is 0 Å². The third-order valence-electron chi connectivity index (χ3n) is 5.04. The number of aromatic nitrogens is 2. The molecule has 1 unspecified atom stereocenters. The Balaban J connectivity index is 1.78. The van der Waals surface area contributed by atoms with Crippen LogP contribution in [0.3, 0.4) is 0 Å². The van der Waals surface area contributed by atoms with Crippen molar-refractivity contribution in [2.24, 2.45) is 0 Å². The fourth-order valence-electron chi connectivity index (χ4n) is 3.34. The molecule has 1 aromatic heterocycles. The molecule has 1 aliphatic rings. The van der Waals surface area contributed by atoms with E-state index in [-0.39, 0.29) is 5.91 Å². The second kappa shape index (κ2) is 7.24. The smallest absolute Gasteiger partial charge is 0.256 e. The van der Waals surface area contributed by atoms with Crippen molar-refractivity contribution in [1.82, 2.24) is 9.78 Å². The highest BCUT2D eigenvalue weighted by Gasteiger charge is 2.29. The van der Waals surface area contributed by atoms with Gasteiger partial charge in [-0.15, -0.1) is 0 Å². The molecule has 3 aromatic rings. The van der Waals surface area contributed by atoms with E-state index in [0.717, 1.165) is 28.1 Å². The zero-order valence-electron chi connectivity index (χ0n) is 16.0. The lowest BCUT2D eigenvalue weighted by molar-refractivity contribution is 0.102. The molecule has 0 aliphatic carbocycles. The molecule has 7 heteroatoms. The highest BCUT2D eigenvalue weighted by Crippen LogP contribution is 2.33. The van der Waals surface area contributed by atoms with Crippen molar-refractivity contribution in [3.63, 3.8) is 0 Å². The topological polar surface area (TPSA) is 73.2 Å². The molecule has 0 saturated heterocycles. The van der Waals surface area contributed by atoms with Crippen LogP contribution in [0.5, 0.6) is 5.75 Å². The molecule has 144 valence electrons. The van der Waals surface area contributed by atoms with E-state index in [1.165, 1.54) is 0 Å². The second-order valence-corrected chi connectivity index (χ2v) is 8.28. The van der Waals surface area contributed by atoms with Crippen LogP contribution < -0.4 is 10.1 Å². The predicted molar refractivity (Wildman–Crippen MR) is 110 cm³/mol. The number of ether oxygens (including phenoxy) is 1. The van der Waals surface area contributed by atoms with Crippen molar-refractivity contribution in [2.45, 2.75) is 25.4 Å². The van der Waals surface area contributed by atoms with E-state index < -0.39 is 10.8 Å². The molecule has 4 rings (SSSR count). The van der Waals surface area contributed by atoms with Crippen molar-refractivity contribution in [2.75, 3.05) is 12.4 Å². The number of aryl methyl sites for hydroxylation is 1. The lowest BCUT2D eigenvalue weighted by Gasteiger charge is -2.14. The lowest BCUT2D eigenvalue weighted by atomic mass is 10.1. The molecule has 1 amide bonds. The van der Waals surface area contributed by atoms with Gasteiger partial charge in [-0.25, -0.2) is 4.68 Å². The number of rotatable bonds is 4. The summed E-state index contributed by atoms with van der Waals surface area (Å²) < 4.78 is 19.0. The Morgan fingerprint density at radius 2 is 1.96 bits per heavy atom. The summed E-state index contributed by atoms with van der Waals surface area (Å²) in [4.78, 5) is 12.9. The first-order valence-corrected chi connectivity index (χ1v) is 10.4. The normalized spacial score (nSPS) is 15.3. The lowest BCUT2D eigenvalue weighted by Crippen LogP contribution is -2.17. The number of hydrogen-bond donors (Lipinski definition) is 1. The van der Waals surface area contributed by atoms with Gasteiger partial charge < -0.3 is 10.1 Å². The van der Waals surface area contributed by atoms with Crippen LogP contribution in [-0.2, 0) is 22.3 Å². The standard InChI is InChI=1S/C21H21N3O3S/c1-13-6-4-9-19(14(13)2)24-20(17-11-28(26)12-18(17)23-24)22-21(25)15-7-5-8-16(10-15)27-3/h4-10H,11-12H2,1-3H3,(H,22,25). The van der Waals surface area contributed by atoms with E-state index in [1.807, 2.05) is 32.0 Å². The first kappa shape index (κ1) is 18.4. The van der Waals surface area contributed by atoms with Crippen LogP contribution in [0, 0.1) is 13.8 Å². The molecule has 0 radical (unpaired) electrons. The van der Waals surface area contributed by atoms with Gasteiger partial charge in [0.2, 0.25) is 0 Å². The Morgan fingerprint density at radius 1 is 1.18 bits per heavy atom. The predicted octanol–water partition coefficient (Wildman–Crippen LogP) is 3.51. The minimum atomic E-state index is -0.984. The number of methoxy groups -OCH3 is 1. The number of amides is 1. The summed E-state index contributed by atoms with van der Waals surface area (Å²) in [5.41, 5.74) is 5.24. The average molecular weight is 395 g/mol. The Morgan fingerprint density at radius 3 is 2.75 bits per heavy atom. The summed E-state index contributed by atoms with van der Waals surface area (Å²) in [5.74, 6) is 1.75. The third-order valence-corrected chi connectivity index (χ3v) is 6.24. The van der Waals surface area contributed by atoms with Crippen LogP contribution >= 0.6 is 0 Å². The number of nitrogens with zero attached hydrogens (tertiary/aromatic N) is 2. The van der Waals surface area contributed by atoms with E-state index in [2.05, 4.69) is 10.4 Å². The van der Waals surface area contributed by atoms with Crippen molar-refractivity contribution in [3.8, 4) is 11.4 Å². The quantitative estimate of drug-likeness (QED) is 0.734. The van der Waals surface area contributed by atoms with Crippen molar-refractivity contribution in [3.05, 3.63) is 70.4 Å². The molecular formula is C21H21N3O3S. The van der Waals surface area contributed by atoms with Crippen LogP contribution in [0.2, 0.25) is 0 Å². The summed E-state index contributed by atoms with van der Waals surface area (Å²) in [6.07, 6.45) is 0. The van der Waals surface area contributed by atoms with E-state index in [4.69, 9.17) is 4.74 Å². The van der Waals surface area contributed by atoms with Crippen LogP contribution in [0.1, 0.15) is 32.7 Å². The minimum Gasteiger partial charge on any atom is -0.497 e. The SMILES string of the molecule is COc1cccc(C(=O)Nc2c3c(nn2-c2cccc(C)c2C)CS(=O)C3)c1. The summed E-state index contributed by atoms with van der Waals surface area (Å²) in [5, 5.41) is 7.67. The fraction of sp³-hybridized carbons (Fsp3) is 0.238. The third kappa shape index (κ3) is 3.22. The number of fused-ring (bicyclic) bond motifs is 1. The van der Waals surface area contributed by atoms with Crippen LogP contribution in [0.4, 0.5) is 5.82 Å². The first-order valence-electron chi connectivity index (χ1n) is 8.95. The number of hydrogen-bond acceptors (Lipinski definition) is 4. The Bertz CT molecular complexity index is 1100. The van der Waals surface area contributed by atoms with Gasteiger partial charge in [-0.2, -0.15) is 5.10 Å². The second-order valence-electron chi connectivity index (χ2n) is 6.82. The Hall–Kier alpha value is -2.93. The van der Waals surface area contributed by atoms with Crippen molar-refractivity contribution < 1.29 is 13.7 Å². The molecule has 0 bridgehead atoms. The summed E-state index contributed by atoms with van der Waals surface area (Å²) in [6.45, 7) is 4.07. The van der Waals surface area contributed by atoms with Crippen molar-refractivity contribution in [1.29, 1.82) is 0 Å². The molecule has 0 spiro atoms. The molecule has 2 aromatic carbocycles. The fourth-order valence-corrected chi connectivity index (χ4v) is 4.60. The van der Waals surface area contributed by atoms with Crippen molar-refractivity contribution >= 4 is 22.5 Å². The summed E-state index contributed by atoms with van der Waals surface area (Å²) in [7, 11) is 0.580. The van der Waals surface area contributed by atoms with E-state index in [1.54, 1.807) is 36.1 Å². The molecule has 2 heterocycles. The first-order chi connectivity index (χ1) is 13.5. The molecular weight excluding hydrogens is 374 g/mol. The molecule has 1 aliphatic heterocycles. The number of anilines is 1. The zero-order chi connectivity index (χ0) is 19.8. The van der Waals surface area contributed by atoms with Crippen LogP contribution in [-0.4, -0.2) is 27.0 Å². The Kier molecular flexibility index (Phi) is 4.77. The maximum atomic E-state index is 12.9. The zero-order valence-corrected chi connectivity index (χ0v) is 16.8. The number of carbonyl (C=O) groups excluding carboxylic acids is 1. The van der Waals surface area contributed by atoms with Gasteiger partial charge in [-0.05, 0) is 49.2 Å². The molecule has 6 nitrogen and oxygen atoms in total. The van der Waals surface area contributed by atoms with Gasteiger partial charge in [0.05, 0.1) is 30.0 Å². The summed E-state index contributed by atoms with van der Waals surface area (Å²) >= 11 is 0. The highest BCUT2D eigenvalue weighted by molar-refractivity contribution is 7.83. The number of nitrogens with one attached hydrogen (secondary N) is 1. The van der Waals surface area contributed by atoms with E-state index in [0.29, 0.717) is 28.6 Å². The maximum Gasteiger partial charge on any atom is 0.256 e. The van der Waals surface area contributed by atoms with Gasteiger partial charge in [0.1, 0.15) is 11.6 Å².